The van der Waals surface area contributed by atoms with Gasteiger partial charge in [0.15, 0.2) is 17.5 Å². The number of hydrogen-bond donors (Lipinski definition) is 0. The van der Waals surface area contributed by atoms with E-state index in [1.54, 1.807) is 0 Å². The highest BCUT2D eigenvalue weighted by molar-refractivity contribution is 5.84. The summed E-state index contributed by atoms with van der Waals surface area (Å²) in [6, 6.07) is 86.4. The molecule has 1 aromatic heterocycles. The normalized spacial score (nSPS) is 10.9. The van der Waals surface area contributed by atoms with E-state index in [0.29, 0.717) is 17.5 Å². The van der Waals surface area contributed by atoms with Gasteiger partial charge >= 0.3 is 0 Å². The van der Waals surface area contributed by atoms with Crippen molar-refractivity contribution in [1.29, 1.82) is 0 Å². The van der Waals surface area contributed by atoms with Gasteiger partial charge in [-0.15, -0.1) is 0 Å². The lowest BCUT2D eigenvalue weighted by atomic mass is 10.0. The fourth-order valence-corrected chi connectivity index (χ4v) is 7.80. The summed E-state index contributed by atoms with van der Waals surface area (Å²) in [5, 5.41) is 0. The van der Waals surface area contributed by atoms with Crippen molar-refractivity contribution >= 4 is 34.1 Å². The van der Waals surface area contributed by atoms with E-state index in [0.717, 1.165) is 73.1 Å². The van der Waals surface area contributed by atoms with Gasteiger partial charge in [0, 0.05) is 50.8 Å². The summed E-state index contributed by atoms with van der Waals surface area (Å²) in [7, 11) is 0. The van der Waals surface area contributed by atoms with Crippen LogP contribution in [0.15, 0.2) is 249 Å². The molecule has 0 aliphatic rings. The average Bonchev–Trinajstić information content (AvgIpc) is 3.36. The molecular formula is C57H41N5. The summed E-state index contributed by atoms with van der Waals surface area (Å²) in [6.45, 7) is 0. The van der Waals surface area contributed by atoms with E-state index in [4.69, 9.17) is 15.0 Å². The van der Waals surface area contributed by atoms with Crippen molar-refractivity contribution in [3.05, 3.63) is 249 Å². The van der Waals surface area contributed by atoms with Crippen LogP contribution in [-0.2, 0) is 0 Å². The molecule has 10 rings (SSSR count). The number of para-hydroxylation sites is 3. The number of anilines is 6. The molecule has 0 radical (unpaired) electrons. The Hall–Kier alpha value is -8.41. The lowest BCUT2D eigenvalue weighted by Gasteiger charge is -2.29. The van der Waals surface area contributed by atoms with Crippen LogP contribution in [0.2, 0.25) is 0 Å². The monoisotopic (exact) mass is 795 g/mol. The summed E-state index contributed by atoms with van der Waals surface area (Å²) < 4.78 is 0. The van der Waals surface area contributed by atoms with Crippen LogP contribution in [0.25, 0.3) is 56.4 Å². The lowest BCUT2D eigenvalue weighted by molar-refractivity contribution is 1.07. The van der Waals surface area contributed by atoms with Crippen LogP contribution in [0.4, 0.5) is 34.1 Å². The predicted molar refractivity (Wildman–Crippen MR) is 256 cm³/mol. The molecule has 5 nitrogen and oxygen atoms in total. The van der Waals surface area contributed by atoms with Gasteiger partial charge in [-0.25, -0.2) is 15.0 Å². The molecule has 62 heavy (non-hydrogen) atoms. The van der Waals surface area contributed by atoms with Crippen LogP contribution >= 0.6 is 0 Å². The van der Waals surface area contributed by atoms with Gasteiger partial charge in [0.2, 0.25) is 0 Å². The molecule has 5 heteroatoms. The minimum absolute atomic E-state index is 0.602. The minimum atomic E-state index is 0.602. The molecule has 294 valence electrons. The molecule has 1 heterocycles. The maximum absolute atomic E-state index is 5.11. The quantitative estimate of drug-likeness (QED) is 0.130. The van der Waals surface area contributed by atoms with E-state index >= 15 is 0 Å². The van der Waals surface area contributed by atoms with Gasteiger partial charge in [-0.3, -0.25) is 0 Å². The highest BCUT2D eigenvalue weighted by atomic mass is 15.2. The molecule has 0 atom stereocenters. The van der Waals surface area contributed by atoms with Crippen molar-refractivity contribution in [3.8, 4) is 56.4 Å². The minimum Gasteiger partial charge on any atom is -0.310 e. The Morgan fingerprint density at radius 1 is 0.194 bits per heavy atom. The van der Waals surface area contributed by atoms with Gasteiger partial charge < -0.3 is 9.80 Å². The van der Waals surface area contributed by atoms with Crippen molar-refractivity contribution in [3.63, 3.8) is 0 Å². The van der Waals surface area contributed by atoms with E-state index in [9.17, 15) is 0 Å². The maximum atomic E-state index is 5.11. The Morgan fingerprint density at radius 2 is 0.435 bits per heavy atom. The van der Waals surface area contributed by atoms with Gasteiger partial charge in [0.1, 0.15) is 0 Å². The molecule has 0 bridgehead atoms. The molecular weight excluding hydrogens is 755 g/mol. The molecule has 0 amide bonds. The SMILES string of the molecule is c1ccc(-c2ccc(-c3nc(-c4ccc(-c5ccccc5)cc4)nc(-c4ccc(N(c5ccccc5)c5cccc(N(c6ccccc6)c6ccccc6)c5)cc4)n3)cc2)cc1. The molecule has 0 aliphatic carbocycles. The first-order valence-corrected chi connectivity index (χ1v) is 20.8. The fourth-order valence-electron chi connectivity index (χ4n) is 7.80. The highest BCUT2D eigenvalue weighted by Crippen LogP contribution is 2.41. The molecule has 0 fully saturated rings. The van der Waals surface area contributed by atoms with E-state index in [2.05, 4.69) is 240 Å². The first-order valence-electron chi connectivity index (χ1n) is 20.8. The summed E-state index contributed by atoms with van der Waals surface area (Å²) in [6.07, 6.45) is 0. The third-order valence-electron chi connectivity index (χ3n) is 10.9. The largest absolute Gasteiger partial charge is 0.310 e. The van der Waals surface area contributed by atoms with E-state index in [1.165, 1.54) is 0 Å². The first kappa shape index (κ1) is 37.8. The summed E-state index contributed by atoms with van der Waals surface area (Å²) >= 11 is 0. The van der Waals surface area contributed by atoms with E-state index in [1.807, 2.05) is 18.2 Å². The predicted octanol–water partition coefficient (Wildman–Crippen LogP) is 15.1. The molecule has 0 saturated heterocycles. The van der Waals surface area contributed by atoms with Crippen LogP contribution in [0.5, 0.6) is 0 Å². The Labute approximate surface area is 362 Å². The first-order chi connectivity index (χ1) is 30.7. The van der Waals surface area contributed by atoms with Crippen LogP contribution < -0.4 is 9.80 Å². The van der Waals surface area contributed by atoms with Crippen molar-refractivity contribution in [2.45, 2.75) is 0 Å². The van der Waals surface area contributed by atoms with Gasteiger partial charge in [-0.2, -0.15) is 0 Å². The second-order valence-electron chi connectivity index (χ2n) is 14.9. The molecule has 0 N–H and O–H groups in total. The van der Waals surface area contributed by atoms with Crippen molar-refractivity contribution < 1.29 is 0 Å². The van der Waals surface area contributed by atoms with E-state index in [-0.39, 0.29) is 0 Å². The standard InChI is InChI=1S/C57H41N5/c1-6-17-42(18-7-1)44-29-33-46(34-30-44)55-58-56(47-35-31-45(32-36-47)43-19-8-2-9-20-43)60-57(59-55)48-37-39-52(40-38-48)62(51-25-14-5-15-26-51)54-28-16-27-53(41-54)61(49-21-10-3-11-22-49)50-23-12-4-13-24-50/h1-41H. The molecule has 0 unspecified atom stereocenters. The van der Waals surface area contributed by atoms with Gasteiger partial charge in [0.25, 0.3) is 0 Å². The smallest absolute Gasteiger partial charge is 0.164 e. The third kappa shape index (κ3) is 8.11. The number of rotatable bonds is 11. The van der Waals surface area contributed by atoms with Crippen LogP contribution in [0.1, 0.15) is 0 Å². The molecule has 0 aliphatic heterocycles. The zero-order chi connectivity index (χ0) is 41.5. The van der Waals surface area contributed by atoms with Gasteiger partial charge in [-0.1, -0.05) is 170 Å². The second-order valence-corrected chi connectivity index (χ2v) is 14.9. The van der Waals surface area contributed by atoms with Crippen molar-refractivity contribution in [2.24, 2.45) is 0 Å². The summed E-state index contributed by atoms with van der Waals surface area (Å²) in [5.41, 5.74) is 13.6. The maximum Gasteiger partial charge on any atom is 0.164 e. The lowest BCUT2D eigenvalue weighted by Crippen LogP contribution is -2.13. The Bertz CT molecular complexity index is 2870. The molecule has 9 aromatic carbocycles. The fraction of sp³-hybridized carbons (Fsp3) is 0. The zero-order valence-corrected chi connectivity index (χ0v) is 33.9. The topological polar surface area (TPSA) is 45.2 Å². The van der Waals surface area contributed by atoms with Crippen molar-refractivity contribution in [2.75, 3.05) is 9.80 Å². The molecule has 0 spiro atoms. The van der Waals surface area contributed by atoms with Crippen molar-refractivity contribution in [1.82, 2.24) is 15.0 Å². The summed E-state index contributed by atoms with van der Waals surface area (Å²) in [4.78, 5) is 19.8. The Morgan fingerprint density at radius 3 is 0.774 bits per heavy atom. The van der Waals surface area contributed by atoms with Crippen LogP contribution in [0, 0.1) is 0 Å². The molecule has 10 aromatic rings. The number of benzene rings is 9. The van der Waals surface area contributed by atoms with Crippen LogP contribution in [-0.4, -0.2) is 15.0 Å². The summed E-state index contributed by atoms with van der Waals surface area (Å²) in [5.74, 6) is 1.83. The van der Waals surface area contributed by atoms with Gasteiger partial charge in [-0.05, 0) is 101 Å². The van der Waals surface area contributed by atoms with Gasteiger partial charge in [0.05, 0.1) is 0 Å². The van der Waals surface area contributed by atoms with Crippen LogP contribution in [0.3, 0.4) is 0 Å². The highest BCUT2D eigenvalue weighted by Gasteiger charge is 2.18. The Balaban J connectivity index is 1.04. The Kier molecular flexibility index (Phi) is 10.6. The number of hydrogen-bond acceptors (Lipinski definition) is 5. The average molecular weight is 796 g/mol. The zero-order valence-electron chi connectivity index (χ0n) is 33.9. The number of aromatic nitrogens is 3. The van der Waals surface area contributed by atoms with E-state index < -0.39 is 0 Å². The number of nitrogens with zero attached hydrogens (tertiary/aromatic N) is 5. The molecule has 0 saturated carbocycles. The second kappa shape index (κ2) is 17.4. The third-order valence-corrected chi connectivity index (χ3v) is 10.9.